The molecule has 2 rings (SSSR count). The number of hydrogen-bond donors (Lipinski definition) is 1. The van der Waals surface area contributed by atoms with Crippen LogP contribution in [0.3, 0.4) is 0 Å². The van der Waals surface area contributed by atoms with E-state index in [4.69, 9.17) is 10.5 Å². The summed E-state index contributed by atoms with van der Waals surface area (Å²) in [5.74, 6) is 0.872. The van der Waals surface area contributed by atoms with E-state index >= 15 is 0 Å². The molecule has 18 heavy (non-hydrogen) atoms. The Morgan fingerprint density at radius 1 is 0.944 bits per heavy atom. The summed E-state index contributed by atoms with van der Waals surface area (Å²) >= 11 is 0. The molecule has 2 heteroatoms. The maximum atomic E-state index is 5.79. The van der Waals surface area contributed by atoms with Crippen LogP contribution in [0.5, 0.6) is 5.75 Å². The van der Waals surface area contributed by atoms with Crippen molar-refractivity contribution < 1.29 is 4.74 Å². The standard InChI is InChI=1S/C16H19NO/c1-12-6-13(2)8-15(7-12)11-18-16-5-3-4-14(9-16)10-17/h3-9H,10-11,17H2,1-2H3. The molecule has 0 amide bonds. The van der Waals surface area contributed by atoms with Gasteiger partial charge in [-0.2, -0.15) is 0 Å². The maximum absolute atomic E-state index is 5.79. The van der Waals surface area contributed by atoms with E-state index in [1.54, 1.807) is 0 Å². The third-order valence-electron chi connectivity index (χ3n) is 2.82. The Morgan fingerprint density at radius 3 is 2.33 bits per heavy atom. The fraction of sp³-hybridized carbons (Fsp3) is 0.250. The average Bonchev–Trinajstić information content (AvgIpc) is 2.35. The maximum Gasteiger partial charge on any atom is 0.120 e. The lowest BCUT2D eigenvalue weighted by atomic mass is 10.1. The summed E-state index contributed by atoms with van der Waals surface area (Å²) in [6, 6.07) is 14.4. The Bertz CT molecular complexity index is 514. The van der Waals surface area contributed by atoms with Crippen molar-refractivity contribution in [1.82, 2.24) is 0 Å². The SMILES string of the molecule is Cc1cc(C)cc(COc2cccc(CN)c2)c1. The predicted octanol–water partition coefficient (Wildman–Crippen LogP) is 3.34. The van der Waals surface area contributed by atoms with Gasteiger partial charge in [0.1, 0.15) is 12.4 Å². The first-order valence-electron chi connectivity index (χ1n) is 6.16. The summed E-state index contributed by atoms with van der Waals surface area (Å²) in [6.07, 6.45) is 0. The molecule has 0 aliphatic rings. The van der Waals surface area contributed by atoms with Crippen LogP contribution in [0.25, 0.3) is 0 Å². The average molecular weight is 241 g/mol. The molecule has 2 aromatic carbocycles. The van der Waals surface area contributed by atoms with Crippen LogP contribution >= 0.6 is 0 Å². The molecule has 2 N–H and O–H groups in total. The second-order valence-corrected chi connectivity index (χ2v) is 4.64. The fourth-order valence-corrected chi connectivity index (χ4v) is 2.08. The lowest BCUT2D eigenvalue weighted by Gasteiger charge is -2.09. The van der Waals surface area contributed by atoms with E-state index in [0.717, 1.165) is 11.3 Å². The van der Waals surface area contributed by atoms with Gasteiger partial charge in [-0.3, -0.25) is 0 Å². The van der Waals surface area contributed by atoms with Crippen molar-refractivity contribution in [3.63, 3.8) is 0 Å². The Morgan fingerprint density at radius 2 is 1.67 bits per heavy atom. The highest BCUT2D eigenvalue weighted by atomic mass is 16.5. The molecule has 0 fully saturated rings. The summed E-state index contributed by atoms with van der Waals surface area (Å²) in [5, 5.41) is 0. The number of rotatable bonds is 4. The molecule has 0 bridgehead atoms. The molecule has 0 radical (unpaired) electrons. The van der Waals surface area contributed by atoms with E-state index in [2.05, 4.69) is 32.0 Å². The Kier molecular flexibility index (Phi) is 4.00. The van der Waals surface area contributed by atoms with Crippen molar-refractivity contribution in [2.24, 2.45) is 5.73 Å². The van der Waals surface area contributed by atoms with Crippen LogP contribution in [0.1, 0.15) is 22.3 Å². The van der Waals surface area contributed by atoms with Gasteiger partial charge in [0, 0.05) is 6.54 Å². The fourth-order valence-electron chi connectivity index (χ4n) is 2.08. The number of benzene rings is 2. The van der Waals surface area contributed by atoms with Gasteiger partial charge in [0.2, 0.25) is 0 Å². The number of ether oxygens (including phenoxy) is 1. The molecule has 94 valence electrons. The summed E-state index contributed by atoms with van der Waals surface area (Å²) in [7, 11) is 0. The highest BCUT2D eigenvalue weighted by molar-refractivity contribution is 5.30. The molecule has 0 spiro atoms. The molecule has 2 aromatic rings. The first-order chi connectivity index (χ1) is 8.67. The van der Waals surface area contributed by atoms with Crippen LogP contribution < -0.4 is 10.5 Å². The second kappa shape index (κ2) is 5.69. The van der Waals surface area contributed by atoms with Crippen molar-refractivity contribution in [2.75, 3.05) is 0 Å². The van der Waals surface area contributed by atoms with Crippen LogP contribution in [-0.2, 0) is 13.2 Å². The molecule has 0 aromatic heterocycles. The number of hydrogen-bond acceptors (Lipinski definition) is 2. The zero-order chi connectivity index (χ0) is 13.0. The normalized spacial score (nSPS) is 10.4. The minimum absolute atomic E-state index is 0.542. The molecule has 0 atom stereocenters. The van der Waals surface area contributed by atoms with E-state index < -0.39 is 0 Å². The molecule has 0 unspecified atom stereocenters. The van der Waals surface area contributed by atoms with E-state index in [-0.39, 0.29) is 0 Å². The summed E-state index contributed by atoms with van der Waals surface area (Å²) in [6.45, 7) is 5.34. The van der Waals surface area contributed by atoms with Crippen molar-refractivity contribution >= 4 is 0 Å². The molecule has 0 aliphatic heterocycles. The van der Waals surface area contributed by atoms with Crippen molar-refractivity contribution in [1.29, 1.82) is 0 Å². The van der Waals surface area contributed by atoms with Gasteiger partial charge in [-0.05, 0) is 37.1 Å². The molecule has 0 heterocycles. The van der Waals surface area contributed by atoms with Gasteiger partial charge in [-0.25, -0.2) is 0 Å². The van der Waals surface area contributed by atoms with Gasteiger partial charge in [-0.1, -0.05) is 41.5 Å². The molecular formula is C16H19NO. The lowest BCUT2D eigenvalue weighted by Crippen LogP contribution is -1.99. The zero-order valence-electron chi connectivity index (χ0n) is 10.9. The highest BCUT2D eigenvalue weighted by Crippen LogP contribution is 2.16. The summed E-state index contributed by atoms with van der Waals surface area (Å²) in [5.41, 5.74) is 10.4. The van der Waals surface area contributed by atoms with E-state index in [1.165, 1.54) is 16.7 Å². The van der Waals surface area contributed by atoms with E-state index in [0.29, 0.717) is 13.2 Å². The minimum Gasteiger partial charge on any atom is -0.489 e. The van der Waals surface area contributed by atoms with Crippen LogP contribution in [0.2, 0.25) is 0 Å². The lowest BCUT2D eigenvalue weighted by molar-refractivity contribution is 0.306. The van der Waals surface area contributed by atoms with Gasteiger partial charge in [0.05, 0.1) is 0 Å². The Balaban J connectivity index is 2.06. The Labute approximate surface area is 108 Å². The van der Waals surface area contributed by atoms with Crippen LogP contribution in [0.15, 0.2) is 42.5 Å². The molecular weight excluding hydrogens is 222 g/mol. The van der Waals surface area contributed by atoms with E-state index in [9.17, 15) is 0 Å². The van der Waals surface area contributed by atoms with Crippen LogP contribution in [0.4, 0.5) is 0 Å². The smallest absolute Gasteiger partial charge is 0.120 e. The highest BCUT2D eigenvalue weighted by Gasteiger charge is 1.99. The Hall–Kier alpha value is -1.80. The third-order valence-corrected chi connectivity index (χ3v) is 2.82. The molecule has 2 nitrogen and oxygen atoms in total. The molecule has 0 aliphatic carbocycles. The van der Waals surface area contributed by atoms with Gasteiger partial charge in [-0.15, -0.1) is 0 Å². The second-order valence-electron chi connectivity index (χ2n) is 4.64. The van der Waals surface area contributed by atoms with Crippen LogP contribution in [-0.4, -0.2) is 0 Å². The minimum atomic E-state index is 0.542. The van der Waals surface area contributed by atoms with Crippen molar-refractivity contribution in [3.8, 4) is 5.75 Å². The topological polar surface area (TPSA) is 35.2 Å². The van der Waals surface area contributed by atoms with Crippen molar-refractivity contribution in [3.05, 3.63) is 64.7 Å². The largest absolute Gasteiger partial charge is 0.489 e. The van der Waals surface area contributed by atoms with Gasteiger partial charge < -0.3 is 10.5 Å². The molecule has 0 saturated carbocycles. The van der Waals surface area contributed by atoms with Crippen molar-refractivity contribution in [2.45, 2.75) is 27.0 Å². The summed E-state index contributed by atoms with van der Waals surface area (Å²) < 4.78 is 5.79. The first-order valence-corrected chi connectivity index (χ1v) is 6.16. The van der Waals surface area contributed by atoms with Crippen LogP contribution in [0, 0.1) is 13.8 Å². The quantitative estimate of drug-likeness (QED) is 0.891. The first kappa shape index (κ1) is 12.7. The zero-order valence-corrected chi connectivity index (χ0v) is 10.9. The number of aryl methyl sites for hydroxylation is 2. The number of nitrogens with two attached hydrogens (primary N) is 1. The van der Waals surface area contributed by atoms with Gasteiger partial charge in [0.25, 0.3) is 0 Å². The monoisotopic (exact) mass is 241 g/mol. The van der Waals surface area contributed by atoms with E-state index in [1.807, 2.05) is 24.3 Å². The predicted molar refractivity (Wildman–Crippen MR) is 74.6 cm³/mol. The summed E-state index contributed by atoms with van der Waals surface area (Å²) in [4.78, 5) is 0. The third kappa shape index (κ3) is 3.34. The van der Waals surface area contributed by atoms with Gasteiger partial charge >= 0.3 is 0 Å². The molecule has 0 saturated heterocycles. The van der Waals surface area contributed by atoms with Gasteiger partial charge in [0.15, 0.2) is 0 Å².